The summed E-state index contributed by atoms with van der Waals surface area (Å²) in [5, 5.41) is 3.40. The molecule has 0 spiro atoms. The van der Waals surface area contributed by atoms with Crippen molar-refractivity contribution in [2.24, 2.45) is 5.92 Å². The fraction of sp³-hybridized carbons (Fsp3) is 0.833. The van der Waals surface area contributed by atoms with Crippen molar-refractivity contribution in [1.82, 2.24) is 5.32 Å². The molecule has 1 aliphatic rings. The highest BCUT2D eigenvalue weighted by Gasteiger charge is 2.20. The molecule has 0 bridgehead atoms. The number of hydrogen-bond acceptors (Lipinski definition) is 1. The van der Waals surface area contributed by atoms with Crippen LogP contribution in [0.1, 0.15) is 45.4 Å². The number of rotatable bonds is 4. The topological polar surface area (TPSA) is 12.0 Å². The van der Waals surface area contributed by atoms with Crippen molar-refractivity contribution in [3.63, 3.8) is 0 Å². The average Bonchev–Trinajstić information content (AvgIpc) is 2.18. The van der Waals surface area contributed by atoms with Crippen LogP contribution in [0.25, 0.3) is 0 Å². The van der Waals surface area contributed by atoms with E-state index in [9.17, 15) is 0 Å². The Morgan fingerprint density at radius 3 is 2.85 bits per heavy atom. The van der Waals surface area contributed by atoms with Crippen molar-refractivity contribution in [2.45, 2.75) is 51.5 Å². The average molecular weight is 181 g/mol. The van der Waals surface area contributed by atoms with E-state index in [1.165, 1.54) is 37.7 Å². The molecule has 0 aliphatic heterocycles. The summed E-state index contributed by atoms with van der Waals surface area (Å²) in [6.45, 7) is 6.31. The summed E-state index contributed by atoms with van der Waals surface area (Å²) in [6, 6.07) is 0.767. The zero-order chi connectivity index (χ0) is 9.68. The molecule has 2 unspecified atom stereocenters. The Kier molecular flexibility index (Phi) is 4.51. The van der Waals surface area contributed by atoms with Gasteiger partial charge in [-0.05, 0) is 38.6 Å². The Bertz CT molecular complexity index is 163. The van der Waals surface area contributed by atoms with E-state index in [0.29, 0.717) is 0 Å². The maximum absolute atomic E-state index is 4.10. The second-order valence-corrected chi connectivity index (χ2v) is 4.33. The number of hydrogen-bond donors (Lipinski definition) is 1. The van der Waals surface area contributed by atoms with Crippen LogP contribution in [0.15, 0.2) is 12.2 Å². The lowest BCUT2D eigenvalue weighted by molar-refractivity contribution is 0.293. The lowest BCUT2D eigenvalue weighted by atomic mass is 9.82. The second-order valence-electron chi connectivity index (χ2n) is 4.33. The Labute approximate surface area is 82.6 Å². The van der Waals surface area contributed by atoms with Gasteiger partial charge in [0, 0.05) is 6.04 Å². The Morgan fingerprint density at radius 1 is 1.46 bits per heavy atom. The zero-order valence-corrected chi connectivity index (χ0v) is 9.10. The Morgan fingerprint density at radius 2 is 2.23 bits per heavy atom. The van der Waals surface area contributed by atoms with Crippen LogP contribution in [0.4, 0.5) is 0 Å². The molecule has 1 heteroatoms. The van der Waals surface area contributed by atoms with Gasteiger partial charge in [0.2, 0.25) is 0 Å². The quantitative estimate of drug-likeness (QED) is 0.657. The van der Waals surface area contributed by atoms with Crippen LogP contribution in [0, 0.1) is 5.92 Å². The number of nitrogens with one attached hydrogen (secondary N) is 1. The lowest BCUT2D eigenvalue weighted by Crippen LogP contribution is -2.31. The smallest absolute Gasteiger partial charge is 0.00668 e. The third kappa shape index (κ3) is 3.51. The summed E-state index contributed by atoms with van der Waals surface area (Å²) in [6.07, 6.45) is 7.95. The molecule has 1 saturated carbocycles. The van der Waals surface area contributed by atoms with Gasteiger partial charge >= 0.3 is 0 Å². The summed E-state index contributed by atoms with van der Waals surface area (Å²) in [7, 11) is 2.09. The minimum atomic E-state index is 0.767. The molecule has 0 heterocycles. The summed E-state index contributed by atoms with van der Waals surface area (Å²) < 4.78 is 0. The molecule has 0 saturated heterocycles. The third-order valence-electron chi connectivity index (χ3n) is 3.27. The van der Waals surface area contributed by atoms with Gasteiger partial charge in [0.05, 0.1) is 0 Å². The van der Waals surface area contributed by atoms with Crippen LogP contribution in [0.2, 0.25) is 0 Å². The van der Waals surface area contributed by atoms with E-state index in [0.717, 1.165) is 18.4 Å². The molecular formula is C12H23N. The van der Waals surface area contributed by atoms with Crippen LogP contribution < -0.4 is 5.32 Å². The number of allylic oxidation sites excluding steroid dienone is 1. The predicted molar refractivity (Wildman–Crippen MR) is 58.9 cm³/mol. The van der Waals surface area contributed by atoms with Gasteiger partial charge in [-0.15, -0.1) is 0 Å². The SMILES string of the molecule is C=C(CC)CC1CCCC(NC)C1. The molecule has 1 nitrogen and oxygen atoms in total. The molecule has 1 fully saturated rings. The molecule has 1 rings (SSSR count). The summed E-state index contributed by atoms with van der Waals surface area (Å²) in [4.78, 5) is 0. The van der Waals surface area contributed by atoms with Crippen molar-refractivity contribution in [2.75, 3.05) is 7.05 Å². The van der Waals surface area contributed by atoms with E-state index in [-0.39, 0.29) is 0 Å². The van der Waals surface area contributed by atoms with Gasteiger partial charge in [-0.3, -0.25) is 0 Å². The summed E-state index contributed by atoms with van der Waals surface area (Å²) >= 11 is 0. The van der Waals surface area contributed by atoms with Gasteiger partial charge in [-0.1, -0.05) is 31.9 Å². The standard InChI is InChI=1S/C12H23N/c1-4-10(2)8-11-6-5-7-12(9-11)13-3/h11-13H,2,4-9H2,1,3H3. The molecule has 76 valence electrons. The van der Waals surface area contributed by atoms with E-state index in [1.807, 2.05) is 0 Å². The predicted octanol–water partition coefficient (Wildman–Crippen LogP) is 3.12. The molecule has 0 radical (unpaired) electrons. The monoisotopic (exact) mass is 181 g/mol. The van der Waals surface area contributed by atoms with Crippen LogP contribution in [0.5, 0.6) is 0 Å². The van der Waals surface area contributed by atoms with Crippen molar-refractivity contribution in [3.05, 3.63) is 12.2 Å². The van der Waals surface area contributed by atoms with Crippen molar-refractivity contribution in [1.29, 1.82) is 0 Å². The summed E-state index contributed by atoms with van der Waals surface area (Å²) in [5.41, 5.74) is 1.43. The first-order chi connectivity index (χ1) is 6.26. The third-order valence-corrected chi connectivity index (χ3v) is 3.27. The fourth-order valence-electron chi connectivity index (χ4n) is 2.29. The van der Waals surface area contributed by atoms with Gasteiger partial charge in [-0.25, -0.2) is 0 Å². The zero-order valence-electron chi connectivity index (χ0n) is 9.10. The van der Waals surface area contributed by atoms with Gasteiger partial charge in [-0.2, -0.15) is 0 Å². The second kappa shape index (κ2) is 5.43. The first-order valence-electron chi connectivity index (χ1n) is 5.60. The van der Waals surface area contributed by atoms with E-state index in [1.54, 1.807) is 0 Å². The van der Waals surface area contributed by atoms with Crippen LogP contribution in [-0.2, 0) is 0 Å². The molecule has 0 aromatic rings. The minimum absolute atomic E-state index is 0.767. The van der Waals surface area contributed by atoms with Gasteiger partial charge in [0.25, 0.3) is 0 Å². The molecule has 0 amide bonds. The maximum atomic E-state index is 4.10. The summed E-state index contributed by atoms with van der Waals surface area (Å²) in [5.74, 6) is 0.902. The van der Waals surface area contributed by atoms with Crippen molar-refractivity contribution >= 4 is 0 Å². The molecule has 13 heavy (non-hydrogen) atoms. The minimum Gasteiger partial charge on any atom is -0.317 e. The maximum Gasteiger partial charge on any atom is 0.00668 e. The van der Waals surface area contributed by atoms with Crippen LogP contribution in [0.3, 0.4) is 0 Å². The van der Waals surface area contributed by atoms with E-state index in [4.69, 9.17) is 0 Å². The molecule has 1 aliphatic carbocycles. The van der Waals surface area contributed by atoms with Crippen LogP contribution in [-0.4, -0.2) is 13.1 Å². The molecule has 0 aromatic carbocycles. The largest absolute Gasteiger partial charge is 0.317 e. The highest BCUT2D eigenvalue weighted by Crippen LogP contribution is 2.29. The van der Waals surface area contributed by atoms with E-state index in [2.05, 4.69) is 25.9 Å². The Balaban J connectivity index is 2.29. The highest BCUT2D eigenvalue weighted by molar-refractivity contribution is 4.96. The van der Waals surface area contributed by atoms with Gasteiger partial charge in [0.15, 0.2) is 0 Å². The van der Waals surface area contributed by atoms with E-state index < -0.39 is 0 Å². The normalized spacial score (nSPS) is 28.8. The van der Waals surface area contributed by atoms with Gasteiger partial charge < -0.3 is 5.32 Å². The molecule has 1 N–H and O–H groups in total. The van der Waals surface area contributed by atoms with Crippen molar-refractivity contribution < 1.29 is 0 Å². The van der Waals surface area contributed by atoms with E-state index >= 15 is 0 Å². The Hall–Kier alpha value is -0.300. The fourth-order valence-corrected chi connectivity index (χ4v) is 2.29. The van der Waals surface area contributed by atoms with Gasteiger partial charge in [0.1, 0.15) is 0 Å². The van der Waals surface area contributed by atoms with Crippen molar-refractivity contribution in [3.8, 4) is 0 Å². The first kappa shape index (κ1) is 10.8. The lowest BCUT2D eigenvalue weighted by Gasteiger charge is -2.29. The molecule has 2 atom stereocenters. The van der Waals surface area contributed by atoms with Crippen LogP contribution >= 0.6 is 0 Å². The highest BCUT2D eigenvalue weighted by atomic mass is 14.9. The first-order valence-corrected chi connectivity index (χ1v) is 5.60. The molecule has 0 aromatic heterocycles. The molecular weight excluding hydrogens is 158 g/mol.